The van der Waals surface area contributed by atoms with E-state index in [-0.39, 0.29) is 10.8 Å². The summed E-state index contributed by atoms with van der Waals surface area (Å²) >= 11 is 3.30. The Kier molecular flexibility index (Phi) is 4.70. The largest absolute Gasteiger partial charge is 0.322 e. The molecule has 0 aliphatic carbocycles. The average molecular weight is 389 g/mol. The lowest BCUT2D eigenvalue weighted by Crippen LogP contribution is -2.12. The Balaban J connectivity index is 2.25. The van der Waals surface area contributed by atoms with Crippen LogP contribution < -0.4 is 5.32 Å². The van der Waals surface area contributed by atoms with Crippen molar-refractivity contribution in [3.05, 3.63) is 58.1 Å². The predicted octanol–water partition coefficient (Wildman–Crippen LogP) is 3.94. The highest BCUT2D eigenvalue weighted by Gasteiger charge is 2.14. The second-order valence-electron chi connectivity index (χ2n) is 4.38. The Morgan fingerprint density at radius 3 is 2.48 bits per heavy atom. The molecular formula is C14H11BrClNO3S. The highest BCUT2D eigenvalue weighted by molar-refractivity contribution is 9.10. The van der Waals surface area contributed by atoms with Crippen LogP contribution >= 0.6 is 26.6 Å². The number of hydrogen-bond donors (Lipinski definition) is 1. The fourth-order valence-corrected chi connectivity index (χ4v) is 3.43. The minimum atomic E-state index is -3.78. The summed E-state index contributed by atoms with van der Waals surface area (Å²) in [6, 6.07) is 11.4. The van der Waals surface area contributed by atoms with Crippen LogP contribution in [0.5, 0.6) is 0 Å². The van der Waals surface area contributed by atoms with Crippen LogP contribution in [-0.4, -0.2) is 14.3 Å². The van der Waals surface area contributed by atoms with Crippen LogP contribution in [0.15, 0.2) is 51.8 Å². The van der Waals surface area contributed by atoms with Crippen LogP contribution in [0.25, 0.3) is 0 Å². The monoisotopic (exact) mass is 387 g/mol. The number of hydrogen-bond acceptors (Lipinski definition) is 3. The van der Waals surface area contributed by atoms with E-state index in [1.165, 1.54) is 12.1 Å². The normalized spacial score (nSPS) is 11.2. The molecule has 1 N–H and O–H groups in total. The van der Waals surface area contributed by atoms with Gasteiger partial charge in [-0.05, 0) is 48.9 Å². The first-order valence-electron chi connectivity index (χ1n) is 5.89. The standard InChI is InChI=1S/C14H11BrClNO3S/c1-9-7-12(5-6-13(9)21(16,19)20)17-14(18)10-3-2-4-11(15)8-10/h2-8H,1H3,(H,17,18). The highest BCUT2D eigenvalue weighted by Crippen LogP contribution is 2.23. The number of aryl methyl sites for hydroxylation is 1. The second kappa shape index (κ2) is 6.17. The highest BCUT2D eigenvalue weighted by atomic mass is 79.9. The van der Waals surface area contributed by atoms with Gasteiger partial charge in [0.25, 0.3) is 15.0 Å². The van der Waals surface area contributed by atoms with Crippen LogP contribution in [0.2, 0.25) is 0 Å². The maximum Gasteiger partial charge on any atom is 0.261 e. The van der Waals surface area contributed by atoms with E-state index in [4.69, 9.17) is 10.7 Å². The fourth-order valence-electron chi connectivity index (χ4n) is 1.83. The molecule has 110 valence electrons. The first-order valence-corrected chi connectivity index (χ1v) is 9.00. The van der Waals surface area contributed by atoms with E-state index in [1.54, 1.807) is 31.2 Å². The van der Waals surface area contributed by atoms with E-state index < -0.39 is 9.05 Å². The number of carbonyl (C=O) groups is 1. The van der Waals surface area contributed by atoms with Gasteiger partial charge in [0.1, 0.15) is 0 Å². The fraction of sp³-hybridized carbons (Fsp3) is 0.0714. The van der Waals surface area contributed by atoms with Crippen molar-refractivity contribution in [1.29, 1.82) is 0 Å². The topological polar surface area (TPSA) is 63.2 Å². The van der Waals surface area contributed by atoms with Crippen molar-refractivity contribution in [3.63, 3.8) is 0 Å². The third-order valence-electron chi connectivity index (χ3n) is 2.78. The van der Waals surface area contributed by atoms with Crippen LogP contribution in [0, 0.1) is 6.92 Å². The zero-order valence-corrected chi connectivity index (χ0v) is 14.1. The molecule has 0 bridgehead atoms. The van der Waals surface area contributed by atoms with E-state index in [0.717, 1.165) is 4.47 Å². The third kappa shape index (κ3) is 4.06. The van der Waals surface area contributed by atoms with Crippen LogP contribution in [0.4, 0.5) is 5.69 Å². The molecule has 1 amide bonds. The van der Waals surface area contributed by atoms with Gasteiger partial charge >= 0.3 is 0 Å². The lowest BCUT2D eigenvalue weighted by atomic mass is 10.2. The number of amides is 1. The first-order chi connectivity index (χ1) is 9.77. The van der Waals surface area contributed by atoms with Gasteiger partial charge in [-0.2, -0.15) is 0 Å². The van der Waals surface area contributed by atoms with Gasteiger partial charge in [-0.1, -0.05) is 22.0 Å². The average Bonchev–Trinajstić information content (AvgIpc) is 2.37. The lowest BCUT2D eigenvalue weighted by molar-refractivity contribution is 0.102. The number of halogens is 2. The molecule has 4 nitrogen and oxygen atoms in total. The zero-order chi connectivity index (χ0) is 15.6. The van der Waals surface area contributed by atoms with Crippen molar-refractivity contribution in [2.45, 2.75) is 11.8 Å². The molecule has 0 atom stereocenters. The van der Waals surface area contributed by atoms with Gasteiger partial charge in [0.2, 0.25) is 0 Å². The van der Waals surface area contributed by atoms with Crippen LogP contribution in [0.1, 0.15) is 15.9 Å². The second-order valence-corrected chi connectivity index (χ2v) is 7.83. The number of benzene rings is 2. The molecule has 0 aliphatic rings. The van der Waals surface area contributed by atoms with Crippen molar-refractivity contribution in [2.75, 3.05) is 5.32 Å². The number of rotatable bonds is 3. The van der Waals surface area contributed by atoms with Gasteiger partial charge in [-0.25, -0.2) is 8.42 Å². The van der Waals surface area contributed by atoms with Crippen LogP contribution in [0.3, 0.4) is 0 Å². The minimum absolute atomic E-state index is 0.0321. The molecule has 0 spiro atoms. The summed E-state index contributed by atoms with van der Waals surface area (Å²) in [4.78, 5) is 12.1. The SMILES string of the molecule is Cc1cc(NC(=O)c2cccc(Br)c2)ccc1S(=O)(=O)Cl. The van der Waals surface area contributed by atoms with E-state index >= 15 is 0 Å². The van der Waals surface area contributed by atoms with E-state index in [9.17, 15) is 13.2 Å². The van der Waals surface area contributed by atoms with Crippen molar-refractivity contribution in [1.82, 2.24) is 0 Å². The lowest BCUT2D eigenvalue weighted by Gasteiger charge is -2.08. The molecule has 0 saturated heterocycles. The van der Waals surface area contributed by atoms with Gasteiger partial charge in [0.05, 0.1) is 4.90 Å². The molecule has 2 rings (SSSR count). The molecule has 0 aromatic heterocycles. The quantitative estimate of drug-likeness (QED) is 0.810. The van der Waals surface area contributed by atoms with Crippen molar-refractivity contribution >= 4 is 47.3 Å². The van der Waals surface area contributed by atoms with Crippen molar-refractivity contribution in [2.24, 2.45) is 0 Å². The predicted molar refractivity (Wildman–Crippen MR) is 86.3 cm³/mol. The summed E-state index contributed by atoms with van der Waals surface area (Å²) in [6.45, 7) is 1.62. The summed E-state index contributed by atoms with van der Waals surface area (Å²) in [5, 5.41) is 2.71. The Bertz CT molecular complexity index is 806. The molecule has 2 aromatic carbocycles. The minimum Gasteiger partial charge on any atom is -0.322 e. The van der Waals surface area contributed by atoms with E-state index in [0.29, 0.717) is 16.8 Å². The molecule has 0 radical (unpaired) electrons. The summed E-state index contributed by atoms with van der Waals surface area (Å²) in [7, 11) is 1.53. The Morgan fingerprint density at radius 1 is 1.19 bits per heavy atom. The smallest absolute Gasteiger partial charge is 0.261 e. The van der Waals surface area contributed by atoms with Gasteiger partial charge in [0, 0.05) is 26.4 Å². The van der Waals surface area contributed by atoms with Gasteiger partial charge in [-0.3, -0.25) is 4.79 Å². The zero-order valence-electron chi connectivity index (χ0n) is 10.9. The molecule has 7 heteroatoms. The Labute approximate surface area is 135 Å². The number of anilines is 1. The Hall–Kier alpha value is -1.37. The van der Waals surface area contributed by atoms with Crippen LogP contribution in [-0.2, 0) is 9.05 Å². The maximum atomic E-state index is 12.1. The third-order valence-corrected chi connectivity index (χ3v) is 4.76. The molecule has 0 aliphatic heterocycles. The molecule has 2 aromatic rings. The number of carbonyl (C=O) groups excluding carboxylic acids is 1. The van der Waals surface area contributed by atoms with Crippen molar-refractivity contribution in [3.8, 4) is 0 Å². The maximum absolute atomic E-state index is 12.1. The molecule has 0 fully saturated rings. The summed E-state index contributed by atoms with van der Waals surface area (Å²) in [5.41, 5.74) is 1.47. The van der Waals surface area contributed by atoms with Crippen molar-refractivity contribution < 1.29 is 13.2 Å². The number of nitrogens with one attached hydrogen (secondary N) is 1. The molecule has 0 unspecified atom stereocenters. The summed E-state index contributed by atoms with van der Waals surface area (Å²) in [5.74, 6) is -0.280. The molecule has 0 saturated carbocycles. The van der Waals surface area contributed by atoms with Gasteiger partial charge in [0.15, 0.2) is 0 Å². The van der Waals surface area contributed by atoms with Gasteiger partial charge < -0.3 is 5.32 Å². The van der Waals surface area contributed by atoms with Gasteiger partial charge in [-0.15, -0.1) is 0 Å². The molecular weight excluding hydrogens is 378 g/mol. The molecule has 21 heavy (non-hydrogen) atoms. The summed E-state index contributed by atoms with van der Waals surface area (Å²) in [6.07, 6.45) is 0. The van der Waals surface area contributed by atoms with E-state index in [1.807, 2.05) is 6.07 Å². The van der Waals surface area contributed by atoms with E-state index in [2.05, 4.69) is 21.2 Å². The Morgan fingerprint density at radius 2 is 1.90 bits per heavy atom. The first kappa shape index (κ1) is 16.0. The molecule has 0 heterocycles. The summed E-state index contributed by atoms with van der Waals surface area (Å²) < 4.78 is 23.4.